The summed E-state index contributed by atoms with van der Waals surface area (Å²) < 4.78 is 5.27. The molecule has 1 saturated heterocycles. The van der Waals surface area contributed by atoms with E-state index >= 15 is 0 Å². The molecule has 2 heterocycles. The molecule has 3 rings (SSSR count). The molecular formula is C23H33N3O2S. The van der Waals surface area contributed by atoms with Crippen molar-refractivity contribution in [3.8, 4) is 5.75 Å². The predicted molar refractivity (Wildman–Crippen MR) is 121 cm³/mol. The van der Waals surface area contributed by atoms with Gasteiger partial charge in [0.2, 0.25) is 5.91 Å². The zero-order valence-corrected chi connectivity index (χ0v) is 18.7. The summed E-state index contributed by atoms with van der Waals surface area (Å²) in [5.41, 5.74) is 1.23. The Hall–Kier alpha value is -2.05. The quantitative estimate of drug-likeness (QED) is 0.703. The molecule has 1 aliphatic heterocycles. The number of nitrogens with one attached hydrogen (secondary N) is 1. The van der Waals surface area contributed by atoms with Crippen molar-refractivity contribution in [2.75, 3.05) is 38.2 Å². The Morgan fingerprint density at radius 1 is 1.10 bits per heavy atom. The standard InChI is InChI=1S/C23H33N3O2S/c1-17(2)16-22(27)24-18(3)23(21-6-5-15-29-21)26-13-11-25(12-14-26)19-7-9-20(28-4)10-8-19/h5-10,15,17-18,23H,11-14,16H2,1-4H3,(H,24,27)/t18-,23+/m0/s1. The minimum absolute atomic E-state index is 0.0763. The van der Waals surface area contributed by atoms with E-state index in [1.54, 1.807) is 18.4 Å². The fourth-order valence-corrected chi connectivity index (χ4v) is 4.98. The predicted octanol–water partition coefficient (Wildman–Crippen LogP) is 4.17. The highest BCUT2D eigenvalue weighted by Crippen LogP contribution is 2.30. The number of rotatable bonds is 8. The van der Waals surface area contributed by atoms with Crippen LogP contribution in [-0.2, 0) is 4.79 Å². The first-order valence-electron chi connectivity index (χ1n) is 10.4. The molecule has 2 atom stereocenters. The van der Waals surface area contributed by atoms with E-state index in [0.717, 1.165) is 31.9 Å². The number of piperazine rings is 1. The summed E-state index contributed by atoms with van der Waals surface area (Å²) in [6.45, 7) is 10.2. The van der Waals surface area contributed by atoms with Crippen LogP contribution in [0.3, 0.4) is 0 Å². The smallest absolute Gasteiger partial charge is 0.220 e. The zero-order valence-electron chi connectivity index (χ0n) is 17.9. The number of ether oxygens (including phenoxy) is 1. The zero-order chi connectivity index (χ0) is 20.8. The first kappa shape index (κ1) is 21.7. The van der Waals surface area contributed by atoms with Crippen LogP contribution in [0.2, 0.25) is 0 Å². The number of nitrogens with zero attached hydrogens (tertiary/aromatic N) is 2. The third-order valence-electron chi connectivity index (χ3n) is 5.44. The molecule has 1 fully saturated rings. The van der Waals surface area contributed by atoms with E-state index in [1.165, 1.54) is 10.6 Å². The number of carbonyl (C=O) groups is 1. The normalized spacial score (nSPS) is 17.2. The maximum absolute atomic E-state index is 12.4. The lowest BCUT2D eigenvalue weighted by molar-refractivity contribution is -0.122. The Balaban J connectivity index is 1.65. The number of anilines is 1. The van der Waals surface area contributed by atoms with Crippen molar-refractivity contribution in [2.24, 2.45) is 5.92 Å². The van der Waals surface area contributed by atoms with E-state index in [9.17, 15) is 4.79 Å². The maximum atomic E-state index is 12.4. The number of methoxy groups -OCH3 is 1. The highest BCUT2D eigenvalue weighted by Gasteiger charge is 2.31. The molecule has 0 bridgehead atoms. The summed E-state index contributed by atoms with van der Waals surface area (Å²) in [5, 5.41) is 5.37. The molecule has 1 aliphatic rings. The SMILES string of the molecule is COc1ccc(N2CCN([C@@H](c3cccs3)[C@H](C)NC(=O)CC(C)C)CC2)cc1. The van der Waals surface area contributed by atoms with Crippen LogP contribution in [0, 0.1) is 5.92 Å². The third-order valence-corrected chi connectivity index (χ3v) is 6.38. The van der Waals surface area contributed by atoms with Gasteiger partial charge in [0.25, 0.3) is 0 Å². The van der Waals surface area contributed by atoms with E-state index in [-0.39, 0.29) is 18.0 Å². The minimum Gasteiger partial charge on any atom is -0.497 e. The van der Waals surface area contributed by atoms with Crippen LogP contribution >= 0.6 is 11.3 Å². The molecule has 0 radical (unpaired) electrons. The molecule has 1 aromatic carbocycles. The number of hydrogen-bond donors (Lipinski definition) is 1. The minimum atomic E-state index is 0.0763. The molecule has 6 heteroatoms. The summed E-state index contributed by atoms with van der Waals surface area (Å²) in [5.74, 6) is 1.40. The molecule has 0 spiro atoms. The van der Waals surface area contributed by atoms with Gasteiger partial charge in [-0.25, -0.2) is 0 Å². The van der Waals surface area contributed by atoms with E-state index in [0.29, 0.717) is 12.3 Å². The van der Waals surface area contributed by atoms with Gasteiger partial charge in [-0.1, -0.05) is 19.9 Å². The van der Waals surface area contributed by atoms with E-state index in [2.05, 4.69) is 65.5 Å². The van der Waals surface area contributed by atoms with E-state index < -0.39 is 0 Å². The van der Waals surface area contributed by atoms with Crippen molar-refractivity contribution in [1.29, 1.82) is 0 Å². The molecule has 158 valence electrons. The summed E-state index contributed by atoms with van der Waals surface area (Å²) in [6.07, 6.45) is 0.576. The number of thiophene rings is 1. The van der Waals surface area contributed by atoms with Gasteiger partial charge in [-0.05, 0) is 48.6 Å². The second-order valence-corrected chi connectivity index (χ2v) is 9.11. The maximum Gasteiger partial charge on any atom is 0.220 e. The van der Waals surface area contributed by atoms with Gasteiger partial charge in [0.1, 0.15) is 5.75 Å². The molecule has 0 unspecified atom stereocenters. The topological polar surface area (TPSA) is 44.8 Å². The van der Waals surface area contributed by atoms with Gasteiger partial charge in [0.05, 0.1) is 13.2 Å². The third kappa shape index (κ3) is 5.73. The Kier molecular flexibility index (Phi) is 7.56. The average Bonchev–Trinajstić information content (AvgIpc) is 3.22. The van der Waals surface area contributed by atoms with Crippen LogP contribution in [0.1, 0.15) is 38.1 Å². The molecule has 0 aliphatic carbocycles. The molecule has 1 aromatic heterocycles. The van der Waals surface area contributed by atoms with Crippen molar-refractivity contribution in [1.82, 2.24) is 10.2 Å². The van der Waals surface area contributed by atoms with Gasteiger partial charge in [-0.3, -0.25) is 9.69 Å². The van der Waals surface area contributed by atoms with Gasteiger partial charge in [-0.15, -0.1) is 11.3 Å². The Morgan fingerprint density at radius 3 is 2.34 bits per heavy atom. The van der Waals surface area contributed by atoms with Crippen LogP contribution in [-0.4, -0.2) is 50.1 Å². The fraction of sp³-hybridized carbons (Fsp3) is 0.522. The first-order chi connectivity index (χ1) is 14.0. The Bertz CT molecular complexity index is 753. The number of amides is 1. The van der Waals surface area contributed by atoms with Crippen molar-refractivity contribution < 1.29 is 9.53 Å². The summed E-state index contributed by atoms with van der Waals surface area (Å²) in [4.78, 5) is 18.6. The van der Waals surface area contributed by atoms with E-state index in [4.69, 9.17) is 4.74 Å². The summed E-state index contributed by atoms with van der Waals surface area (Å²) in [6, 6.07) is 12.9. The Morgan fingerprint density at radius 2 is 1.79 bits per heavy atom. The second-order valence-electron chi connectivity index (χ2n) is 8.14. The fourth-order valence-electron chi connectivity index (χ4n) is 4.02. The molecule has 0 saturated carbocycles. The first-order valence-corrected chi connectivity index (χ1v) is 11.3. The number of carbonyl (C=O) groups excluding carboxylic acids is 1. The number of hydrogen-bond acceptors (Lipinski definition) is 5. The molecule has 2 aromatic rings. The summed E-state index contributed by atoms with van der Waals surface area (Å²) >= 11 is 1.77. The molecule has 5 nitrogen and oxygen atoms in total. The lowest BCUT2D eigenvalue weighted by Gasteiger charge is -2.42. The highest BCUT2D eigenvalue weighted by atomic mass is 32.1. The summed E-state index contributed by atoms with van der Waals surface area (Å²) in [7, 11) is 1.69. The van der Waals surface area contributed by atoms with Crippen molar-refractivity contribution in [3.63, 3.8) is 0 Å². The van der Waals surface area contributed by atoms with Gasteiger partial charge < -0.3 is 15.0 Å². The van der Waals surface area contributed by atoms with Crippen molar-refractivity contribution >= 4 is 22.9 Å². The number of benzene rings is 1. The van der Waals surface area contributed by atoms with Crippen LogP contribution in [0.5, 0.6) is 5.75 Å². The molecule has 29 heavy (non-hydrogen) atoms. The van der Waals surface area contributed by atoms with Crippen molar-refractivity contribution in [3.05, 3.63) is 46.7 Å². The molecular weight excluding hydrogens is 382 g/mol. The molecule has 1 N–H and O–H groups in total. The van der Waals surface area contributed by atoms with Crippen LogP contribution in [0.4, 0.5) is 5.69 Å². The van der Waals surface area contributed by atoms with Gasteiger partial charge >= 0.3 is 0 Å². The average molecular weight is 416 g/mol. The lowest BCUT2D eigenvalue weighted by atomic mass is 10.0. The monoisotopic (exact) mass is 415 g/mol. The lowest BCUT2D eigenvalue weighted by Crippen LogP contribution is -2.52. The van der Waals surface area contributed by atoms with Gasteiger partial charge in [-0.2, -0.15) is 0 Å². The van der Waals surface area contributed by atoms with E-state index in [1.807, 2.05) is 12.1 Å². The van der Waals surface area contributed by atoms with Gasteiger partial charge in [0.15, 0.2) is 0 Å². The van der Waals surface area contributed by atoms with Crippen LogP contribution in [0.15, 0.2) is 41.8 Å². The largest absolute Gasteiger partial charge is 0.497 e. The van der Waals surface area contributed by atoms with Crippen LogP contribution < -0.4 is 15.0 Å². The van der Waals surface area contributed by atoms with Crippen molar-refractivity contribution in [2.45, 2.75) is 39.3 Å². The Labute approximate surface area is 178 Å². The second kappa shape index (κ2) is 10.1. The van der Waals surface area contributed by atoms with Gasteiger partial charge in [0, 0.05) is 49.2 Å². The van der Waals surface area contributed by atoms with Crippen LogP contribution in [0.25, 0.3) is 0 Å². The highest BCUT2D eigenvalue weighted by molar-refractivity contribution is 7.10. The molecule has 1 amide bonds.